The smallest absolute Gasteiger partial charge is 0.243 e. The minimum absolute atomic E-state index is 0.138. The Balaban J connectivity index is 1.23. The lowest BCUT2D eigenvalue weighted by Crippen LogP contribution is -2.55. The molecule has 1 aliphatic carbocycles. The van der Waals surface area contributed by atoms with E-state index in [1.54, 1.807) is 12.1 Å². The lowest BCUT2D eigenvalue weighted by atomic mass is 9.93. The van der Waals surface area contributed by atoms with Crippen LogP contribution in [0.25, 0.3) is 10.9 Å². The van der Waals surface area contributed by atoms with E-state index in [0.717, 1.165) is 56.5 Å². The largest absolute Gasteiger partial charge is 0.348 e. The first-order valence-electron chi connectivity index (χ1n) is 13.1. The number of piperidine rings is 1. The average molecular weight is 487 g/mol. The van der Waals surface area contributed by atoms with E-state index in [9.17, 15) is 13.2 Å². The van der Waals surface area contributed by atoms with Gasteiger partial charge in [0.25, 0.3) is 0 Å². The van der Waals surface area contributed by atoms with Crippen LogP contribution < -0.4 is 0 Å². The van der Waals surface area contributed by atoms with Crippen molar-refractivity contribution in [3.8, 4) is 0 Å². The summed E-state index contributed by atoms with van der Waals surface area (Å²) in [5.41, 5.74) is 1.04. The fourth-order valence-electron chi connectivity index (χ4n) is 6.14. The van der Waals surface area contributed by atoms with Crippen molar-refractivity contribution in [2.24, 2.45) is 5.92 Å². The van der Waals surface area contributed by atoms with Crippen molar-refractivity contribution in [2.45, 2.75) is 69.4 Å². The summed E-state index contributed by atoms with van der Waals surface area (Å²) in [7, 11) is -3.63. The molecule has 2 saturated heterocycles. The first kappa shape index (κ1) is 23.8. The number of piperazine rings is 1. The van der Waals surface area contributed by atoms with Crippen LogP contribution in [0.15, 0.2) is 35.4 Å². The summed E-state index contributed by atoms with van der Waals surface area (Å²) in [6.45, 7) is 7.12. The Bertz CT molecular complexity index is 1110. The lowest BCUT2D eigenvalue weighted by Gasteiger charge is -2.42. The molecule has 5 rings (SSSR count). The Morgan fingerprint density at radius 2 is 1.71 bits per heavy atom. The zero-order valence-electron chi connectivity index (χ0n) is 20.4. The number of sulfonamides is 1. The van der Waals surface area contributed by atoms with Crippen molar-refractivity contribution in [3.05, 3.63) is 30.5 Å². The highest BCUT2D eigenvalue weighted by molar-refractivity contribution is 7.89. The second kappa shape index (κ2) is 9.99. The van der Waals surface area contributed by atoms with Gasteiger partial charge in [-0.15, -0.1) is 0 Å². The number of amides is 1. The molecule has 34 heavy (non-hydrogen) atoms. The summed E-state index contributed by atoms with van der Waals surface area (Å²) in [6, 6.07) is 8.03. The van der Waals surface area contributed by atoms with E-state index in [-0.39, 0.29) is 18.4 Å². The standard InChI is InChI=1S/C26H38N4O3S/c1-2-27-14-12-21-19-24(10-11-25(21)27)34(32,33)30-13-6-7-22(20-30)26(31)29-17-15-28(16-18-29)23-8-4-3-5-9-23/h10-12,14,19,22-23H,2-9,13,15-18,20H2,1H3/t22-/m0/s1. The summed E-state index contributed by atoms with van der Waals surface area (Å²) < 4.78 is 30.6. The van der Waals surface area contributed by atoms with Crippen LogP contribution in [0.5, 0.6) is 0 Å². The predicted molar refractivity (Wildman–Crippen MR) is 134 cm³/mol. The van der Waals surface area contributed by atoms with Crippen LogP contribution in [0.4, 0.5) is 0 Å². The topological polar surface area (TPSA) is 65.9 Å². The van der Waals surface area contributed by atoms with Crippen molar-refractivity contribution in [1.29, 1.82) is 0 Å². The number of hydrogen-bond donors (Lipinski definition) is 0. The first-order chi connectivity index (χ1) is 16.5. The molecule has 1 atom stereocenters. The first-order valence-corrected chi connectivity index (χ1v) is 14.5. The molecule has 1 saturated carbocycles. The molecule has 8 heteroatoms. The van der Waals surface area contributed by atoms with Crippen LogP contribution in [0, 0.1) is 5.92 Å². The second-order valence-electron chi connectivity index (χ2n) is 10.2. The van der Waals surface area contributed by atoms with Gasteiger partial charge in [0, 0.05) is 69.0 Å². The number of hydrogen-bond acceptors (Lipinski definition) is 4. The predicted octanol–water partition coefficient (Wildman–Crippen LogP) is 3.54. The molecule has 1 aromatic heterocycles. The molecule has 0 radical (unpaired) electrons. The van der Waals surface area contributed by atoms with Gasteiger partial charge in [0.15, 0.2) is 0 Å². The SMILES string of the molecule is CCn1ccc2cc(S(=O)(=O)N3CCC[C@H](C(=O)N4CCN(C5CCCCC5)CC4)C3)ccc21. The van der Waals surface area contributed by atoms with Gasteiger partial charge in [0.2, 0.25) is 15.9 Å². The second-order valence-corrected chi connectivity index (χ2v) is 12.1. The Labute approximate surface area is 203 Å². The number of carbonyl (C=O) groups excluding carboxylic acids is 1. The van der Waals surface area contributed by atoms with Crippen LogP contribution in [-0.4, -0.2) is 78.3 Å². The number of rotatable bonds is 5. The molecule has 3 heterocycles. The van der Waals surface area contributed by atoms with Gasteiger partial charge in [-0.05, 0) is 56.9 Å². The van der Waals surface area contributed by atoms with Crippen LogP contribution >= 0.6 is 0 Å². The molecule has 2 aromatic rings. The average Bonchev–Trinajstić information content (AvgIpc) is 3.31. The van der Waals surface area contributed by atoms with Crippen molar-refractivity contribution >= 4 is 26.8 Å². The zero-order valence-corrected chi connectivity index (χ0v) is 21.2. The fraction of sp³-hybridized carbons (Fsp3) is 0.654. The van der Waals surface area contributed by atoms with E-state index in [1.165, 1.54) is 36.4 Å². The lowest BCUT2D eigenvalue weighted by molar-refractivity contribution is -0.138. The van der Waals surface area contributed by atoms with Crippen molar-refractivity contribution in [3.63, 3.8) is 0 Å². The Kier molecular flexibility index (Phi) is 7.00. The van der Waals surface area contributed by atoms with Crippen LogP contribution in [0.1, 0.15) is 51.9 Å². The molecule has 1 aromatic carbocycles. The van der Waals surface area contributed by atoms with Crippen molar-refractivity contribution in [1.82, 2.24) is 18.7 Å². The van der Waals surface area contributed by atoms with Gasteiger partial charge in [-0.1, -0.05) is 19.3 Å². The summed E-state index contributed by atoms with van der Waals surface area (Å²) in [5.74, 6) is -0.103. The van der Waals surface area contributed by atoms with Gasteiger partial charge in [0.1, 0.15) is 0 Å². The third-order valence-corrected chi connectivity index (χ3v) is 10.0. The molecule has 3 aliphatic rings. The summed E-state index contributed by atoms with van der Waals surface area (Å²) in [4.78, 5) is 18.2. The van der Waals surface area contributed by atoms with E-state index in [2.05, 4.69) is 16.4 Å². The molecule has 0 bridgehead atoms. The van der Waals surface area contributed by atoms with Crippen LogP contribution in [0.2, 0.25) is 0 Å². The highest BCUT2D eigenvalue weighted by atomic mass is 32.2. The van der Waals surface area contributed by atoms with E-state index in [1.807, 2.05) is 23.2 Å². The van der Waals surface area contributed by atoms with Crippen LogP contribution in [0.3, 0.4) is 0 Å². The zero-order chi connectivity index (χ0) is 23.7. The van der Waals surface area contributed by atoms with Gasteiger partial charge >= 0.3 is 0 Å². The van der Waals surface area contributed by atoms with Crippen molar-refractivity contribution < 1.29 is 13.2 Å². The molecule has 7 nitrogen and oxygen atoms in total. The number of nitrogens with zero attached hydrogens (tertiary/aromatic N) is 4. The van der Waals surface area contributed by atoms with E-state index >= 15 is 0 Å². The normalized spacial score (nSPS) is 24.0. The molecule has 2 aliphatic heterocycles. The molecule has 186 valence electrons. The summed E-state index contributed by atoms with van der Waals surface area (Å²) in [6.07, 6.45) is 10.1. The molecule has 0 spiro atoms. The number of aromatic nitrogens is 1. The molecule has 0 N–H and O–H groups in total. The minimum Gasteiger partial charge on any atom is -0.348 e. The number of carbonyl (C=O) groups is 1. The molecule has 3 fully saturated rings. The Hall–Kier alpha value is -1.90. The molecular formula is C26H38N4O3S. The third kappa shape index (κ3) is 4.64. The van der Waals surface area contributed by atoms with Gasteiger partial charge in [-0.3, -0.25) is 9.69 Å². The maximum absolute atomic E-state index is 13.5. The van der Waals surface area contributed by atoms with Crippen LogP contribution in [-0.2, 0) is 21.4 Å². The minimum atomic E-state index is -3.63. The Morgan fingerprint density at radius 3 is 2.44 bits per heavy atom. The Morgan fingerprint density at radius 1 is 0.941 bits per heavy atom. The van der Waals surface area contributed by atoms with Gasteiger partial charge in [0.05, 0.1) is 10.8 Å². The summed E-state index contributed by atoms with van der Waals surface area (Å²) in [5, 5.41) is 0.934. The third-order valence-electron chi connectivity index (χ3n) is 8.17. The molecule has 1 amide bonds. The highest BCUT2D eigenvalue weighted by Crippen LogP contribution is 2.29. The quantitative estimate of drug-likeness (QED) is 0.649. The van der Waals surface area contributed by atoms with E-state index in [4.69, 9.17) is 0 Å². The van der Waals surface area contributed by atoms with Gasteiger partial charge in [-0.2, -0.15) is 4.31 Å². The van der Waals surface area contributed by atoms with E-state index in [0.29, 0.717) is 17.5 Å². The summed E-state index contributed by atoms with van der Waals surface area (Å²) >= 11 is 0. The number of fused-ring (bicyclic) bond motifs is 1. The monoisotopic (exact) mass is 486 g/mol. The molecular weight excluding hydrogens is 448 g/mol. The molecule has 0 unspecified atom stereocenters. The van der Waals surface area contributed by atoms with Gasteiger partial charge in [-0.25, -0.2) is 8.42 Å². The van der Waals surface area contributed by atoms with Crippen molar-refractivity contribution in [2.75, 3.05) is 39.3 Å². The fourth-order valence-corrected chi connectivity index (χ4v) is 7.70. The maximum Gasteiger partial charge on any atom is 0.243 e. The van der Waals surface area contributed by atoms with Gasteiger partial charge < -0.3 is 9.47 Å². The van der Waals surface area contributed by atoms with E-state index < -0.39 is 10.0 Å². The highest BCUT2D eigenvalue weighted by Gasteiger charge is 2.36. The maximum atomic E-state index is 13.5. The number of benzene rings is 1. The number of aryl methyl sites for hydroxylation is 1.